The maximum Gasteiger partial charge on any atom is 0.244 e. The third-order valence-corrected chi connectivity index (χ3v) is 1.53. The van der Waals surface area contributed by atoms with E-state index in [9.17, 15) is 4.79 Å². The van der Waals surface area contributed by atoms with Crippen molar-refractivity contribution in [1.82, 2.24) is 5.43 Å². The molecule has 13 heavy (non-hydrogen) atoms. The van der Waals surface area contributed by atoms with E-state index in [4.69, 9.17) is 0 Å². The molecule has 1 aromatic carbocycles. The molecular weight excluding hydrogens is 164 g/mol. The van der Waals surface area contributed by atoms with Gasteiger partial charge in [-0.1, -0.05) is 30.3 Å². The largest absolute Gasteiger partial charge is 0.273 e. The van der Waals surface area contributed by atoms with Crippen LogP contribution in [0.4, 0.5) is 0 Å². The molecular formula is C10H12N2O. The highest BCUT2D eigenvalue weighted by molar-refractivity contribution is 5.78. The fraction of sp³-hybridized carbons (Fsp3) is 0.200. The predicted molar refractivity (Wildman–Crippen MR) is 52.5 cm³/mol. The molecule has 1 aromatic rings. The number of amides is 1. The van der Waals surface area contributed by atoms with Crippen LogP contribution in [0.5, 0.6) is 0 Å². The van der Waals surface area contributed by atoms with Gasteiger partial charge in [-0.15, -0.1) is 0 Å². The van der Waals surface area contributed by atoms with Crippen LogP contribution in [0.25, 0.3) is 0 Å². The summed E-state index contributed by atoms with van der Waals surface area (Å²) in [5, 5.41) is 3.64. The number of nitrogens with one attached hydrogen (secondary N) is 1. The van der Waals surface area contributed by atoms with E-state index >= 15 is 0 Å². The quantitative estimate of drug-likeness (QED) is 0.548. The first-order valence-electron chi connectivity index (χ1n) is 4.13. The van der Waals surface area contributed by atoms with E-state index in [2.05, 4.69) is 10.5 Å². The van der Waals surface area contributed by atoms with Crippen molar-refractivity contribution in [3.8, 4) is 0 Å². The van der Waals surface area contributed by atoms with E-state index in [-0.39, 0.29) is 5.91 Å². The molecule has 3 nitrogen and oxygen atoms in total. The fourth-order valence-electron chi connectivity index (χ4n) is 0.957. The van der Waals surface area contributed by atoms with Gasteiger partial charge in [-0.25, -0.2) is 5.43 Å². The molecule has 0 aliphatic heterocycles. The van der Waals surface area contributed by atoms with Crippen molar-refractivity contribution in [3.63, 3.8) is 0 Å². The zero-order chi connectivity index (χ0) is 9.52. The van der Waals surface area contributed by atoms with Crippen molar-refractivity contribution < 1.29 is 4.79 Å². The van der Waals surface area contributed by atoms with Gasteiger partial charge in [-0.2, -0.15) is 5.10 Å². The number of carbonyl (C=O) groups excluding carboxylic acids is 1. The molecule has 0 unspecified atom stereocenters. The van der Waals surface area contributed by atoms with Gasteiger partial charge in [0.05, 0.1) is 6.42 Å². The Morgan fingerprint density at radius 3 is 2.77 bits per heavy atom. The Kier molecular flexibility index (Phi) is 3.70. The second-order valence-electron chi connectivity index (χ2n) is 2.58. The Hall–Kier alpha value is -1.64. The zero-order valence-electron chi connectivity index (χ0n) is 7.53. The summed E-state index contributed by atoms with van der Waals surface area (Å²) in [5.74, 6) is -0.0932. The number of rotatable bonds is 3. The Morgan fingerprint density at radius 1 is 1.46 bits per heavy atom. The van der Waals surface area contributed by atoms with E-state index in [0.717, 1.165) is 5.56 Å². The lowest BCUT2D eigenvalue weighted by molar-refractivity contribution is -0.120. The van der Waals surface area contributed by atoms with E-state index in [1.807, 2.05) is 30.3 Å². The summed E-state index contributed by atoms with van der Waals surface area (Å²) in [5.41, 5.74) is 3.40. The van der Waals surface area contributed by atoms with Crippen LogP contribution >= 0.6 is 0 Å². The number of benzene rings is 1. The second-order valence-corrected chi connectivity index (χ2v) is 2.58. The number of hydrogen-bond donors (Lipinski definition) is 1. The molecule has 0 atom stereocenters. The summed E-state index contributed by atoms with van der Waals surface area (Å²) in [6.45, 7) is 1.75. The van der Waals surface area contributed by atoms with Gasteiger partial charge in [0.15, 0.2) is 0 Å². The summed E-state index contributed by atoms with van der Waals surface area (Å²) < 4.78 is 0. The first-order valence-corrected chi connectivity index (χ1v) is 4.13. The lowest BCUT2D eigenvalue weighted by atomic mass is 10.1. The van der Waals surface area contributed by atoms with Crippen LogP contribution in [0.15, 0.2) is 35.4 Å². The van der Waals surface area contributed by atoms with E-state index in [1.54, 1.807) is 13.1 Å². The van der Waals surface area contributed by atoms with Crippen molar-refractivity contribution >= 4 is 12.1 Å². The highest BCUT2D eigenvalue weighted by Crippen LogP contribution is 1.98. The molecule has 0 radical (unpaired) electrons. The summed E-state index contributed by atoms with van der Waals surface area (Å²) in [6, 6.07) is 9.56. The third kappa shape index (κ3) is 3.51. The van der Waals surface area contributed by atoms with Crippen molar-refractivity contribution in [2.24, 2.45) is 5.10 Å². The van der Waals surface area contributed by atoms with Crippen LogP contribution in [-0.2, 0) is 11.2 Å². The molecule has 0 spiro atoms. The minimum atomic E-state index is -0.0932. The van der Waals surface area contributed by atoms with Gasteiger partial charge in [-0.05, 0) is 12.5 Å². The second kappa shape index (κ2) is 5.09. The SMILES string of the molecule is C/C=N/NC(=O)Cc1ccccc1. The van der Waals surface area contributed by atoms with Crippen molar-refractivity contribution in [3.05, 3.63) is 35.9 Å². The zero-order valence-corrected chi connectivity index (χ0v) is 7.53. The van der Waals surface area contributed by atoms with Gasteiger partial charge in [-0.3, -0.25) is 4.79 Å². The predicted octanol–water partition coefficient (Wildman–Crippen LogP) is 1.35. The Labute approximate surface area is 77.5 Å². The Morgan fingerprint density at radius 2 is 2.15 bits per heavy atom. The molecule has 0 saturated carbocycles. The molecule has 0 aliphatic carbocycles. The summed E-state index contributed by atoms with van der Waals surface area (Å²) in [7, 11) is 0. The molecule has 68 valence electrons. The third-order valence-electron chi connectivity index (χ3n) is 1.53. The molecule has 0 bridgehead atoms. The van der Waals surface area contributed by atoms with E-state index in [1.165, 1.54) is 0 Å². The highest BCUT2D eigenvalue weighted by Gasteiger charge is 1.99. The fourth-order valence-corrected chi connectivity index (χ4v) is 0.957. The average molecular weight is 176 g/mol. The van der Waals surface area contributed by atoms with Gasteiger partial charge in [0, 0.05) is 6.21 Å². The highest BCUT2D eigenvalue weighted by atomic mass is 16.2. The average Bonchev–Trinajstić information content (AvgIpc) is 2.16. The summed E-state index contributed by atoms with van der Waals surface area (Å²) >= 11 is 0. The minimum Gasteiger partial charge on any atom is -0.273 e. The van der Waals surface area contributed by atoms with Gasteiger partial charge >= 0.3 is 0 Å². The van der Waals surface area contributed by atoms with Crippen LogP contribution < -0.4 is 5.43 Å². The molecule has 1 rings (SSSR count). The van der Waals surface area contributed by atoms with Crippen LogP contribution in [0.2, 0.25) is 0 Å². The van der Waals surface area contributed by atoms with Crippen molar-refractivity contribution in [1.29, 1.82) is 0 Å². The lowest BCUT2D eigenvalue weighted by Gasteiger charge is -1.98. The van der Waals surface area contributed by atoms with Crippen LogP contribution in [0.1, 0.15) is 12.5 Å². The maximum atomic E-state index is 11.1. The summed E-state index contributed by atoms with van der Waals surface area (Å²) in [6.07, 6.45) is 1.92. The molecule has 1 N–H and O–H groups in total. The first-order chi connectivity index (χ1) is 6.33. The van der Waals surface area contributed by atoms with E-state index in [0.29, 0.717) is 6.42 Å². The number of hydrogen-bond acceptors (Lipinski definition) is 2. The monoisotopic (exact) mass is 176 g/mol. The molecule has 1 amide bonds. The first kappa shape index (κ1) is 9.45. The molecule has 0 aliphatic rings. The topological polar surface area (TPSA) is 41.5 Å². The standard InChI is InChI=1S/C10H12N2O/c1-2-11-12-10(13)8-9-6-4-3-5-7-9/h2-7H,8H2,1H3,(H,12,13)/b11-2+. The summed E-state index contributed by atoms with van der Waals surface area (Å²) in [4.78, 5) is 11.1. The van der Waals surface area contributed by atoms with Crippen LogP contribution in [-0.4, -0.2) is 12.1 Å². The Bertz CT molecular complexity index is 293. The maximum absolute atomic E-state index is 11.1. The molecule has 0 saturated heterocycles. The van der Waals surface area contributed by atoms with Gasteiger partial charge in [0.2, 0.25) is 5.91 Å². The Balaban J connectivity index is 2.46. The number of nitrogens with zero attached hydrogens (tertiary/aromatic N) is 1. The van der Waals surface area contributed by atoms with Gasteiger partial charge in [0.25, 0.3) is 0 Å². The van der Waals surface area contributed by atoms with Crippen LogP contribution in [0.3, 0.4) is 0 Å². The van der Waals surface area contributed by atoms with Crippen molar-refractivity contribution in [2.75, 3.05) is 0 Å². The molecule has 3 heteroatoms. The van der Waals surface area contributed by atoms with Crippen molar-refractivity contribution in [2.45, 2.75) is 13.3 Å². The van der Waals surface area contributed by atoms with E-state index < -0.39 is 0 Å². The number of hydrazone groups is 1. The molecule has 0 fully saturated rings. The molecule has 0 aromatic heterocycles. The van der Waals surface area contributed by atoms with Gasteiger partial charge < -0.3 is 0 Å². The van der Waals surface area contributed by atoms with Crippen LogP contribution in [0, 0.1) is 0 Å². The smallest absolute Gasteiger partial charge is 0.244 e. The minimum absolute atomic E-state index is 0.0932. The normalized spacial score (nSPS) is 10.2. The van der Waals surface area contributed by atoms with Gasteiger partial charge in [0.1, 0.15) is 0 Å². The molecule has 0 heterocycles. The number of carbonyl (C=O) groups is 1. The lowest BCUT2D eigenvalue weighted by Crippen LogP contribution is -2.19.